The summed E-state index contributed by atoms with van der Waals surface area (Å²) in [4.78, 5) is 21.1. The molecule has 164 valence electrons. The lowest BCUT2D eigenvalue weighted by atomic mass is 10.0. The van der Waals surface area contributed by atoms with Crippen LogP contribution >= 0.6 is 0 Å². The monoisotopic (exact) mass is 430 g/mol. The molecule has 3 aromatic heterocycles. The Morgan fingerprint density at radius 1 is 1.32 bits per heavy atom. The van der Waals surface area contributed by atoms with Crippen molar-refractivity contribution >= 4 is 17.2 Å². The van der Waals surface area contributed by atoms with Gasteiger partial charge in [-0.25, -0.2) is 18.7 Å². The number of hydrogen-bond acceptors (Lipinski definition) is 5. The van der Waals surface area contributed by atoms with Gasteiger partial charge >= 0.3 is 0 Å². The quantitative estimate of drug-likeness (QED) is 0.605. The van der Waals surface area contributed by atoms with Crippen molar-refractivity contribution in [3.63, 3.8) is 0 Å². The van der Waals surface area contributed by atoms with E-state index in [1.54, 1.807) is 12.3 Å². The predicted octanol–water partition coefficient (Wildman–Crippen LogP) is 4.29. The molecule has 0 spiro atoms. The van der Waals surface area contributed by atoms with Crippen molar-refractivity contribution < 1.29 is 23.0 Å². The van der Waals surface area contributed by atoms with Gasteiger partial charge in [0.05, 0.1) is 11.8 Å². The number of imidazole rings is 1. The van der Waals surface area contributed by atoms with Gasteiger partial charge in [-0.15, -0.1) is 0 Å². The Hall–Kier alpha value is -3.07. The van der Waals surface area contributed by atoms with E-state index in [0.717, 1.165) is 31.7 Å². The van der Waals surface area contributed by atoms with Crippen LogP contribution in [0, 0.1) is 5.92 Å². The fourth-order valence-corrected chi connectivity index (χ4v) is 3.54. The molecule has 1 unspecified atom stereocenters. The van der Waals surface area contributed by atoms with Crippen LogP contribution in [0.25, 0.3) is 5.65 Å². The zero-order chi connectivity index (χ0) is 22.0. The van der Waals surface area contributed by atoms with E-state index in [1.165, 1.54) is 18.2 Å². The van der Waals surface area contributed by atoms with E-state index in [4.69, 9.17) is 9.47 Å². The fourth-order valence-electron chi connectivity index (χ4n) is 3.54. The number of alkyl halides is 2. The van der Waals surface area contributed by atoms with Crippen molar-refractivity contribution in [3.05, 3.63) is 53.7 Å². The Morgan fingerprint density at radius 2 is 2.16 bits per heavy atom. The van der Waals surface area contributed by atoms with E-state index in [9.17, 15) is 13.6 Å². The van der Waals surface area contributed by atoms with E-state index in [-0.39, 0.29) is 11.8 Å². The second-order valence-corrected chi connectivity index (χ2v) is 7.85. The van der Waals surface area contributed by atoms with Crippen molar-refractivity contribution in [1.29, 1.82) is 0 Å². The van der Waals surface area contributed by atoms with Crippen LogP contribution in [0.15, 0.2) is 36.7 Å². The molecule has 3 aromatic rings. The minimum Gasteiger partial charge on any atom is -0.489 e. The summed E-state index contributed by atoms with van der Waals surface area (Å²) in [6, 6.07) is 5.71. The third kappa shape index (κ3) is 4.99. The maximum Gasteiger partial charge on any atom is 0.280 e. The van der Waals surface area contributed by atoms with Crippen LogP contribution in [-0.2, 0) is 11.2 Å². The van der Waals surface area contributed by atoms with Crippen LogP contribution in [0.1, 0.15) is 48.6 Å². The highest BCUT2D eigenvalue weighted by atomic mass is 19.3. The molecule has 1 aliphatic rings. The molecule has 1 amide bonds. The fraction of sp³-hybridized carbons (Fsp3) is 0.409. The second-order valence-electron chi connectivity index (χ2n) is 7.85. The minimum absolute atomic E-state index is 0.0963. The largest absolute Gasteiger partial charge is 0.489 e. The van der Waals surface area contributed by atoms with Gasteiger partial charge in [0, 0.05) is 31.7 Å². The highest BCUT2D eigenvalue weighted by Crippen LogP contribution is 2.29. The molecule has 7 nitrogen and oxygen atoms in total. The predicted molar refractivity (Wildman–Crippen MR) is 111 cm³/mol. The van der Waals surface area contributed by atoms with Crippen LogP contribution in [-0.4, -0.2) is 39.6 Å². The van der Waals surface area contributed by atoms with E-state index in [1.807, 2.05) is 24.4 Å². The Balaban J connectivity index is 1.62. The van der Waals surface area contributed by atoms with Gasteiger partial charge in [0.25, 0.3) is 12.3 Å². The van der Waals surface area contributed by atoms with E-state index in [2.05, 4.69) is 15.3 Å². The molecule has 31 heavy (non-hydrogen) atoms. The summed E-state index contributed by atoms with van der Waals surface area (Å²) < 4.78 is 39.0. The summed E-state index contributed by atoms with van der Waals surface area (Å²) in [6.45, 7) is 5.27. The average Bonchev–Trinajstić information content (AvgIpc) is 3.37. The SMILES string of the molecule is CC(C)Oc1cc2nc(CC3CCOC3)cn2cc1NC(=O)c1cccc(C(F)F)n1. The van der Waals surface area contributed by atoms with Crippen molar-refractivity contribution in [2.45, 2.75) is 39.2 Å². The van der Waals surface area contributed by atoms with Crippen LogP contribution in [0.3, 0.4) is 0 Å². The number of rotatable bonds is 7. The molecule has 0 bridgehead atoms. The number of pyridine rings is 2. The van der Waals surface area contributed by atoms with Gasteiger partial charge in [-0.05, 0) is 44.7 Å². The molecule has 4 rings (SSSR count). The number of carbonyl (C=O) groups is 1. The van der Waals surface area contributed by atoms with Crippen LogP contribution in [0.4, 0.5) is 14.5 Å². The number of amides is 1. The summed E-state index contributed by atoms with van der Waals surface area (Å²) in [5, 5.41) is 2.73. The molecule has 1 atom stereocenters. The van der Waals surface area contributed by atoms with Gasteiger partial charge in [0.1, 0.15) is 28.5 Å². The van der Waals surface area contributed by atoms with Crippen molar-refractivity contribution in [1.82, 2.24) is 14.4 Å². The van der Waals surface area contributed by atoms with Crippen molar-refractivity contribution in [3.8, 4) is 5.75 Å². The Bertz CT molecular complexity index is 1080. The Morgan fingerprint density at radius 3 is 2.87 bits per heavy atom. The van der Waals surface area contributed by atoms with Crippen molar-refractivity contribution in [2.24, 2.45) is 5.92 Å². The normalized spacial score (nSPS) is 16.4. The molecule has 4 heterocycles. The first-order chi connectivity index (χ1) is 14.9. The van der Waals surface area contributed by atoms with E-state index in [0.29, 0.717) is 23.0 Å². The summed E-state index contributed by atoms with van der Waals surface area (Å²) in [7, 11) is 0. The molecule has 0 saturated carbocycles. The number of carbonyl (C=O) groups excluding carboxylic acids is 1. The lowest BCUT2D eigenvalue weighted by Crippen LogP contribution is -2.17. The number of nitrogens with one attached hydrogen (secondary N) is 1. The molecule has 1 fully saturated rings. The van der Waals surface area contributed by atoms with E-state index >= 15 is 0 Å². The Labute approximate surface area is 178 Å². The zero-order valence-corrected chi connectivity index (χ0v) is 17.3. The second kappa shape index (κ2) is 8.97. The number of halogens is 2. The van der Waals surface area contributed by atoms with Crippen molar-refractivity contribution in [2.75, 3.05) is 18.5 Å². The van der Waals surface area contributed by atoms with Crippen LogP contribution < -0.4 is 10.1 Å². The Kier molecular flexibility index (Phi) is 6.13. The molecule has 1 saturated heterocycles. The molecule has 1 aliphatic heterocycles. The standard InChI is InChI=1S/C22H24F2N4O3/c1-13(2)31-19-9-20-25-15(8-14-6-7-30-12-14)10-28(20)11-18(19)27-22(29)17-5-3-4-16(26-17)21(23)24/h3-5,9-11,13-14,21H,6-8,12H2,1-2H3,(H,27,29). The van der Waals surface area contributed by atoms with Crippen LogP contribution in [0.2, 0.25) is 0 Å². The van der Waals surface area contributed by atoms with Gasteiger partial charge in [-0.3, -0.25) is 4.79 Å². The summed E-state index contributed by atoms with van der Waals surface area (Å²) in [5.41, 5.74) is 1.49. The maximum absolute atomic E-state index is 12.9. The molecule has 0 aliphatic carbocycles. The first-order valence-corrected chi connectivity index (χ1v) is 10.2. The molecule has 1 N–H and O–H groups in total. The maximum atomic E-state index is 12.9. The number of aromatic nitrogens is 3. The van der Waals surface area contributed by atoms with Gasteiger partial charge in [-0.1, -0.05) is 6.07 Å². The zero-order valence-electron chi connectivity index (χ0n) is 17.3. The van der Waals surface area contributed by atoms with Gasteiger partial charge < -0.3 is 19.2 Å². The van der Waals surface area contributed by atoms with Gasteiger partial charge in [0.2, 0.25) is 0 Å². The van der Waals surface area contributed by atoms with Crippen LogP contribution in [0.5, 0.6) is 5.75 Å². The first-order valence-electron chi connectivity index (χ1n) is 10.2. The summed E-state index contributed by atoms with van der Waals surface area (Å²) in [6.07, 6.45) is 2.57. The smallest absolute Gasteiger partial charge is 0.280 e. The lowest BCUT2D eigenvalue weighted by molar-refractivity contribution is 0.101. The minimum atomic E-state index is -2.75. The number of nitrogens with zero attached hydrogens (tertiary/aromatic N) is 3. The highest BCUT2D eigenvalue weighted by molar-refractivity contribution is 6.03. The highest BCUT2D eigenvalue weighted by Gasteiger charge is 2.20. The molecular weight excluding hydrogens is 406 g/mol. The number of anilines is 1. The molecular formula is C22H24F2N4O3. The number of ether oxygens (including phenoxy) is 2. The third-order valence-electron chi connectivity index (χ3n) is 4.96. The summed E-state index contributed by atoms with van der Waals surface area (Å²) in [5.74, 6) is 0.296. The average molecular weight is 430 g/mol. The molecule has 9 heteroatoms. The number of hydrogen-bond donors (Lipinski definition) is 1. The molecule has 0 radical (unpaired) electrons. The topological polar surface area (TPSA) is 77.8 Å². The third-order valence-corrected chi connectivity index (χ3v) is 4.96. The lowest BCUT2D eigenvalue weighted by Gasteiger charge is -2.15. The van der Waals surface area contributed by atoms with Gasteiger partial charge in [-0.2, -0.15) is 0 Å². The van der Waals surface area contributed by atoms with Gasteiger partial charge in [0.15, 0.2) is 0 Å². The first kappa shape index (κ1) is 21.2. The van der Waals surface area contributed by atoms with E-state index < -0.39 is 18.0 Å². The number of fused-ring (bicyclic) bond motifs is 1. The summed E-state index contributed by atoms with van der Waals surface area (Å²) >= 11 is 0. The molecule has 0 aromatic carbocycles.